The second-order valence-corrected chi connectivity index (χ2v) is 7.88. The second-order valence-electron chi connectivity index (χ2n) is 6.83. The van der Waals surface area contributed by atoms with Gasteiger partial charge < -0.3 is 10.0 Å². The summed E-state index contributed by atoms with van der Waals surface area (Å²) < 4.78 is 0. The first-order valence-corrected chi connectivity index (χ1v) is 9.45. The summed E-state index contributed by atoms with van der Waals surface area (Å²) in [6.45, 7) is 3.19. The lowest BCUT2D eigenvalue weighted by Gasteiger charge is -2.50. The molecule has 3 saturated heterocycles. The topological polar surface area (TPSA) is 23.5 Å². The number of rotatable bonds is 4. The van der Waals surface area contributed by atoms with Crippen molar-refractivity contribution in [2.24, 2.45) is 5.92 Å². The molecule has 23 heavy (non-hydrogen) atoms. The lowest BCUT2D eigenvalue weighted by molar-refractivity contribution is -0.0949. The Labute approximate surface area is 142 Å². The van der Waals surface area contributed by atoms with Gasteiger partial charge in [0.15, 0.2) is 0 Å². The normalized spacial score (nSPS) is 29.6. The number of aliphatic hydroxyl groups is 1. The summed E-state index contributed by atoms with van der Waals surface area (Å²) in [6.07, 6.45) is 2.31. The van der Waals surface area contributed by atoms with Crippen LogP contribution in [0.4, 0.5) is 0 Å². The Morgan fingerprint density at radius 1 is 0.957 bits per heavy atom. The molecule has 1 N–H and O–H groups in total. The largest absolute Gasteiger partial charge is 0.387 e. The van der Waals surface area contributed by atoms with E-state index >= 15 is 0 Å². The van der Waals surface area contributed by atoms with Crippen LogP contribution in [0.5, 0.6) is 0 Å². The second kappa shape index (κ2) is 6.31. The van der Waals surface area contributed by atoms with Gasteiger partial charge in [-0.15, -0.1) is 11.8 Å². The highest BCUT2D eigenvalue weighted by atomic mass is 32.2. The molecular formula is C20H23NOS. The van der Waals surface area contributed by atoms with E-state index in [0.29, 0.717) is 5.92 Å². The smallest absolute Gasteiger partial charge is 0.0896 e. The average molecular weight is 325 g/mol. The fourth-order valence-electron chi connectivity index (χ4n) is 3.89. The molecule has 2 nitrogen and oxygen atoms in total. The SMILES string of the molecule is O[C@@]1(CSc2ccc(-c3ccccc3)cc2)CN2CCC1CC2. The van der Waals surface area contributed by atoms with E-state index in [-0.39, 0.29) is 0 Å². The summed E-state index contributed by atoms with van der Waals surface area (Å²) in [5, 5.41) is 11.0. The van der Waals surface area contributed by atoms with E-state index in [1.807, 2.05) is 6.07 Å². The van der Waals surface area contributed by atoms with Gasteiger partial charge >= 0.3 is 0 Å². The van der Waals surface area contributed by atoms with E-state index in [2.05, 4.69) is 53.4 Å². The van der Waals surface area contributed by atoms with Crippen LogP contribution in [0, 0.1) is 5.92 Å². The van der Waals surface area contributed by atoms with Crippen LogP contribution in [0.25, 0.3) is 11.1 Å². The Kier molecular flexibility index (Phi) is 4.18. The molecule has 1 atom stereocenters. The maximum Gasteiger partial charge on any atom is 0.0896 e. The van der Waals surface area contributed by atoms with Gasteiger partial charge in [0, 0.05) is 17.2 Å². The third-order valence-corrected chi connectivity index (χ3v) is 6.54. The first kappa shape index (κ1) is 15.3. The zero-order chi connectivity index (χ0) is 15.7. The summed E-state index contributed by atoms with van der Waals surface area (Å²) in [4.78, 5) is 3.66. The standard InChI is InChI=1S/C20H23NOS/c22-20(14-21-12-10-18(20)11-13-21)15-23-19-8-6-17(7-9-19)16-4-2-1-3-5-16/h1-9,18,22H,10-15H2/t20-/m1/s1. The Morgan fingerprint density at radius 2 is 1.61 bits per heavy atom. The number of benzene rings is 2. The van der Waals surface area contributed by atoms with Crippen molar-refractivity contribution in [1.82, 2.24) is 4.90 Å². The fraction of sp³-hybridized carbons (Fsp3) is 0.400. The predicted molar refractivity (Wildman–Crippen MR) is 96.7 cm³/mol. The Morgan fingerprint density at radius 3 is 2.22 bits per heavy atom. The maximum atomic E-state index is 11.0. The molecule has 3 aliphatic rings. The van der Waals surface area contributed by atoms with E-state index in [1.165, 1.54) is 29.1 Å². The molecule has 2 aromatic carbocycles. The highest BCUT2D eigenvalue weighted by Gasteiger charge is 2.45. The van der Waals surface area contributed by atoms with Crippen LogP contribution >= 0.6 is 11.8 Å². The lowest BCUT2D eigenvalue weighted by atomic mass is 9.76. The first-order chi connectivity index (χ1) is 11.2. The van der Waals surface area contributed by atoms with Crippen LogP contribution in [0.3, 0.4) is 0 Å². The molecule has 0 saturated carbocycles. The van der Waals surface area contributed by atoms with E-state index < -0.39 is 5.60 Å². The van der Waals surface area contributed by atoms with Crippen molar-refractivity contribution in [3.05, 3.63) is 54.6 Å². The molecule has 2 aromatic rings. The zero-order valence-electron chi connectivity index (χ0n) is 13.3. The van der Waals surface area contributed by atoms with Gasteiger partial charge in [0.2, 0.25) is 0 Å². The highest BCUT2D eigenvalue weighted by Crippen LogP contribution is 2.39. The summed E-state index contributed by atoms with van der Waals surface area (Å²) in [5.41, 5.74) is 2.00. The van der Waals surface area contributed by atoms with Crippen molar-refractivity contribution in [2.75, 3.05) is 25.4 Å². The first-order valence-electron chi connectivity index (χ1n) is 8.46. The Bertz CT molecular complexity index is 649. The molecular weight excluding hydrogens is 302 g/mol. The molecule has 2 bridgehead atoms. The van der Waals surface area contributed by atoms with Gasteiger partial charge in [0.25, 0.3) is 0 Å². The van der Waals surface area contributed by atoms with Crippen LogP contribution in [-0.4, -0.2) is 41.0 Å². The number of thioether (sulfide) groups is 1. The van der Waals surface area contributed by atoms with E-state index in [4.69, 9.17) is 0 Å². The van der Waals surface area contributed by atoms with Crippen LogP contribution in [0.2, 0.25) is 0 Å². The van der Waals surface area contributed by atoms with Crippen molar-refractivity contribution in [3.63, 3.8) is 0 Å². The number of hydrogen-bond acceptors (Lipinski definition) is 3. The van der Waals surface area contributed by atoms with Crippen LogP contribution in [-0.2, 0) is 0 Å². The van der Waals surface area contributed by atoms with Gasteiger partial charge in [-0.2, -0.15) is 0 Å². The van der Waals surface area contributed by atoms with Crippen molar-refractivity contribution < 1.29 is 5.11 Å². The van der Waals surface area contributed by atoms with E-state index in [9.17, 15) is 5.11 Å². The molecule has 3 aliphatic heterocycles. The average Bonchev–Trinajstić information content (AvgIpc) is 2.62. The van der Waals surface area contributed by atoms with E-state index in [1.54, 1.807) is 11.8 Å². The van der Waals surface area contributed by atoms with Gasteiger partial charge in [0.1, 0.15) is 0 Å². The molecule has 5 rings (SSSR count). The van der Waals surface area contributed by atoms with Gasteiger partial charge in [0.05, 0.1) is 5.60 Å². The molecule has 0 amide bonds. The number of piperidine rings is 3. The molecule has 0 radical (unpaired) electrons. The van der Waals surface area contributed by atoms with Crippen molar-refractivity contribution in [1.29, 1.82) is 0 Å². The lowest BCUT2D eigenvalue weighted by Crippen LogP contribution is -2.60. The monoisotopic (exact) mass is 325 g/mol. The maximum absolute atomic E-state index is 11.0. The number of fused-ring (bicyclic) bond motifs is 3. The summed E-state index contributed by atoms with van der Waals surface area (Å²) in [5.74, 6) is 1.29. The van der Waals surface area contributed by atoms with Crippen molar-refractivity contribution in [2.45, 2.75) is 23.3 Å². The third kappa shape index (κ3) is 3.18. The Balaban J connectivity index is 1.42. The molecule has 0 aliphatic carbocycles. The predicted octanol–water partition coefficient (Wildman–Crippen LogP) is 3.90. The zero-order valence-corrected chi connectivity index (χ0v) is 14.1. The minimum atomic E-state index is -0.501. The van der Waals surface area contributed by atoms with Gasteiger partial charge in [-0.05, 0) is 55.1 Å². The quantitative estimate of drug-likeness (QED) is 0.862. The molecule has 0 aromatic heterocycles. The van der Waals surface area contributed by atoms with Crippen molar-refractivity contribution in [3.8, 4) is 11.1 Å². The summed E-state index contributed by atoms with van der Waals surface area (Å²) in [7, 11) is 0. The highest BCUT2D eigenvalue weighted by molar-refractivity contribution is 7.99. The van der Waals surface area contributed by atoms with E-state index in [0.717, 1.165) is 25.1 Å². The molecule has 0 unspecified atom stereocenters. The van der Waals surface area contributed by atoms with Crippen LogP contribution < -0.4 is 0 Å². The minimum absolute atomic E-state index is 0.489. The molecule has 120 valence electrons. The summed E-state index contributed by atoms with van der Waals surface area (Å²) >= 11 is 1.79. The van der Waals surface area contributed by atoms with Gasteiger partial charge in [-0.1, -0.05) is 42.5 Å². The molecule has 3 fully saturated rings. The molecule has 0 spiro atoms. The fourth-order valence-corrected chi connectivity index (χ4v) is 4.96. The molecule has 3 heterocycles. The summed E-state index contributed by atoms with van der Waals surface area (Å²) in [6, 6.07) is 19.2. The van der Waals surface area contributed by atoms with Crippen molar-refractivity contribution >= 4 is 11.8 Å². The third-order valence-electron chi connectivity index (χ3n) is 5.30. The van der Waals surface area contributed by atoms with Gasteiger partial charge in [-0.25, -0.2) is 0 Å². The van der Waals surface area contributed by atoms with Crippen LogP contribution in [0.15, 0.2) is 59.5 Å². The van der Waals surface area contributed by atoms with Gasteiger partial charge in [-0.3, -0.25) is 0 Å². The number of nitrogens with zero attached hydrogens (tertiary/aromatic N) is 1. The van der Waals surface area contributed by atoms with Crippen LogP contribution in [0.1, 0.15) is 12.8 Å². The molecule has 3 heteroatoms. The minimum Gasteiger partial charge on any atom is -0.387 e. The Hall–Kier alpha value is -1.29. The number of hydrogen-bond donors (Lipinski definition) is 1.